The van der Waals surface area contributed by atoms with Crippen LogP contribution in [-0.2, 0) is 4.74 Å². The number of carbonyl (C=O) groups is 1. The fourth-order valence-electron chi connectivity index (χ4n) is 1.93. The Morgan fingerprint density at radius 3 is 2.94 bits per heavy atom. The molecule has 92 valence electrons. The summed E-state index contributed by atoms with van der Waals surface area (Å²) in [5.74, 6) is -0.693. The highest BCUT2D eigenvalue weighted by atomic mass is 19.1. The predicted octanol–water partition coefficient (Wildman–Crippen LogP) is 1.27. The van der Waals surface area contributed by atoms with Gasteiger partial charge in [0.15, 0.2) is 0 Å². The van der Waals surface area contributed by atoms with Crippen molar-refractivity contribution in [1.29, 1.82) is 0 Å². The van der Waals surface area contributed by atoms with E-state index in [0.29, 0.717) is 19.8 Å². The Morgan fingerprint density at radius 1 is 1.53 bits per heavy atom. The van der Waals surface area contributed by atoms with Crippen LogP contribution in [0.4, 0.5) is 10.1 Å². The second-order valence-corrected chi connectivity index (χ2v) is 4.20. The summed E-state index contributed by atoms with van der Waals surface area (Å²) in [5.41, 5.74) is 6.07. The average molecular weight is 238 g/mol. The standard InChI is InChI=1S/C12H15FN2O2/c1-8-7-17-3-2-15(8)12(16)9-4-10(13)6-11(14)5-9/h4-6,8H,2-3,7,14H2,1H3. The van der Waals surface area contributed by atoms with Gasteiger partial charge in [0.2, 0.25) is 0 Å². The van der Waals surface area contributed by atoms with Crippen LogP contribution in [0.3, 0.4) is 0 Å². The highest BCUT2D eigenvalue weighted by molar-refractivity contribution is 5.95. The maximum absolute atomic E-state index is 13.2. The summed E-state index contributed by atoms with van der Waals surface area (Å²) >= 11 is 0. The van der Waals surface area contributed by atoms with Gasteiger partial charge in [-0.2, -0.15) is 0 Å². The van der Waals surface area contributed by atoms with Crippen LogP contribution in [0, 0.1) is 5.82 Å². The van der Waals surface area contributed by atoms with Gasteiger partial charge in [0.1, 0.15) is 5.82 Å². The van der Waals surface area contributed by atoms with E-state index in [9.17, 15) is 9.18 Å². The lowest BCUT2D eigenvalue weighted by Gasteiger charge is -2.33. The Balaban J connectivity index is 2.23. The summed E-state index contributed by atoms with van der Waals surface area (Å²) in [6, 6.07) is 3.90. The largest absolute Gasteiger partial charge is 0.399 e. The van der Waals surface area contributed by atoms with E-state index >= 15 is 0 Å². The molecule has 0 radical (unpaired) electrons. The average Bonchev–Trinajstić information content (AvgIpc) is 2.27. The van der Waals surface area contributed by atoms with E-state index in [1.165, 1.54) is 18.2 Å². The normalized spacial score (nSPS) is 20.4. The Labute approximate surface area is 99.2 Å². The van der Waals surface area contributed by atoms with E-state index in [2.05, 4.69) is 0 Å². The first-order valence-electron chi connectivity index (χ1n) is 5.52. The molecule has 0 aliphatic carbocycles. The Kier molecular flexibility index (Phi) is 3.28. The molecule has 1 heterocycles. The van der Waals surface area contributed by atoms with Crippen molar-refractivity contribution in [3.63, 3.8) is 0 Å². The van der Waals surface area contributed by atoms with Crippen molar-refractivity contribution < 1.29 is 13.9 Å². The van der Waals surface area contributed by atoms with E-state index in [1.807, 2.05) is 6.92 Å². The SMILES string of the molecule is CC1COCCN1C(=O)c1cc(N)cc(F)c1. The molecule has 2 N–H and O–H groups in total. The Morgan fingerprint density at radius 2 is 2.29 bits per heavy atom. The van der Waals surface area contributed by atoms with Crippen LogP contribution in [0.15, 0.2) is 18.2 Å². The smallest absolute Gasteiger partial charge is 0.254 e. The summed E-state index contributed by atoms with van der Waals surface area (Å²) in [7, 11) is 0. The van der Waals surface area contributed by atoms with E-state index in [-0.39, 0.29) is 23.2 Å². The van der Waals surface area contributed by atoms with Crippen LogP contribution in [0.2, 0.25) is 0 Å². The van der Waals surface area contributed by atoms with Crippen LogP contribution < -0.4 is 5.73 Å². The number of rotatable bonds is 1. The van der Waals surface area contributed by atoms with E-state index < -0.39 is 5.82 Å². The topological polar surface area (TPSA) is 55.6 Å². The first kappa shape index (κ1) is 11.9. The minimum Gasteiger partial charge on any atom is -0.399 e. The number of anilines is 1. The van der Waals surface area contributed by atoms with Gasteiger partial charge in [0.25, 0.3) is 5.91 Å². The van der Waals surface area contributed by atoms with E-state index in [1.54, 1.807) is 4.90 Å². The zero-order chi connectivity index (χ0) is 12.4. The lowest BCUT2D eigenvalue weighted by atomic mass is 10.1. The number of carbonyl (C=O) groups excluding carboxylic acids is 1. The fraction of sp³-hybridized carbons (Fsp3) is 0.417. The van der Waals surface area contributed by atoms with Crippen molar-refractivity contribution in [2.75, 3.05) is 25.5 Å². The zero-order valence-electron chi connectivity index (χ0n) is 9.65. The number of amides is 1. The number of halogens is 1. The molecule has 1 atom stereocenters. The van der Waals surface area contributed by atoms with Crippen molar-refractivity contribution in [2.24, 2.45) is 0 Å². The molecular formula is C12H15FN2O2. The molecule has 1 aliphatic rings. The molecule has 1 saturated heterocycles. The van der Waals surface area contributed by atoms with Crippen LogP contribution in [0.1, 0.15) is 17.3 Å². The number of hydrogen-bond donors (Lipinski definition) is 1. The molecule has 1 aromatic carbocycles. The molecule has 1 aliphatic heterocycles. The molecule has 4 nitrogen and oxygen atoms in total. The molecule has 5 heteroatoms. The second-order valence-electron chi connectivity index (χ2n) is 4.20. The van der Waals surface area contributed by atoms with E-state index in [4.69, 9.17) is 10.5 Å². The van der Waals surface area contributed by atoms with Gasteiger partial charge >= 0.3 is 0 Å². The van der Waals surface area contributed by atoms with Crippen molar-refractivity contribution >= 4 is 11.6 Å². The van der Waals surface area contributed by atoms with E-state index in [0.717, 1.165) is 0 Å². The fourth-order valence-corrected chi connectivity index (χ4v) is 1.93. The number of nitrogen functional groups attached to an aromatic ring is 1. The van der Waals surface area contributed by atoms with Gasteiger partial charge in [-0.25, -0.2) is 4.39 Å². The first-order valence-corrected chi connectivity index (χ1v) is 5.52. The molecule has 1 fully saturated rings. The minimum atomic E-state index is -0.491. The third-order valence-electron chi connectivity index (χ3n) is 2.80. The van der Waals surface area contributed by atoms with Gasteiger partial charge in [-0.1, -0.05) is 0 Å². The summed E-state index contributed by atoms with van der Waals surface area (Å²) < 4.78 is 18.4. The summed E-state index contributed by atoms with van der Waals surface area (Å²) in [6.45, 7) is 3.45. The molecule has 17 heavy (non-hydrogen) atoms. The predicted molar refractivity (Wildman–Crippen MR) is 62.1 cm³/mol. The Hall–Kier alpha value is -1.62. The maximum Gasteiger partial charge on any atom is 0.254 e. The molecule has 1 aromatic rings. The van der Waals surface area contributed by atoms with Crippen molar-refractivity contribution in [2.45, 2.75) is 13.0 Å². The third-order valence-corrected chi connectivity index (χ3v) is 2.80. The van der Waals surface area contributed by atoms with Crippen molar-refractivity contribution in [3.8, 4) is 0 Å². The zero-order valence-corrected chi connectivity index (χ0v) is 9.65. The number of benzene rings is 1. The van der Waals surface area contributed by atoms with Crippen molar-refractivity contribution in [1.82, 2.24) is 4.90 Å². The number of hydrogen-bond acceptors (Lipinski definition) is 3. The summed E-state index contributed by atoms with van der Waals surface area (Å²) in [4.78, 5) is 13.8. The van der Waals surface area contributed by atoms with Gasteiger partial charge in [-0.15, -0.1) is 0 Å². The summed E-state index contributed by atoms with van der Waals surface area (Å²) in [6.07, 6.45) is 0. The highest BCUT2D eigenvalue weighted by Gasteiger charge is 2.25. The van der Waals surface area contributed by atoms with Gasteiger partial charge in [-0.3, -0.25) is 4.79 Å². The van der Waals surface area contributed by atoms with Crippen LogP contribution in [-0.4, -0.2) is 36.6 Å². The van der Waals surface area contributed by atoms with Crippen LogP contribution in [0.25, 0.3) is 0 Å². The molecule has 0 spiro atoms. The second kappa shape index (κ2) is 4.71. The van der Waals surface area contributed by atoms with Crippen molar-refractivity contribution in [3.05, 3.63) is 29.6 Å². The molecule has 0 saturated carbocycles. The van der Waals surface area contributed by atoms with Crippen LogP contribution >= 0.6 is 0 Å². The lowest BCUT2D eigenvalue weighted by molar-refractivity contribution is 0.00357. The quantitative estimate of drug-likeness (QED) is 0.749. The Bertz CT molecular complexity index is 416. The molecule has 2 rings (SSSR count). The third kappa shape index (κ3) is 2.55. The highest BCUT2D eigenvalue weighted by Crippen LogP contribution is 2.16. The van der Waals surface area contributed by atoms with Gasteiger partial charge < -0.3 is 15.4 Å². The number of nitrogens with two attached hydrogens (primary N) is 1. The van der Waals surface area contributed by atoms with Gasteiger partial charge in [-0.05, 0) is 25.1 Å². The van der Waals surface area contributed by atoms with Gasteiger partial charge in [0, 0.05) is 17.8 Å². The number of morpholine rings is 1. The monoisotopic (exact) mass is 238 g/mol. The molecule has 0 bridgehead atoms. The number of ether oxygens (including phenoxy) is 1. The molecule has 1 unspecified atom stereocenters. The minimum absolute atomic E-state index is 0.000687. The number of nitrogens with zero attached hydrogens (tertiary/aromatic N) is 1. The molecular weight excluding hydrogens is 223 g/mol. The first-order chi connectivity index (χ1) is 8.08. The maximum atomic E-state index is 13.2. The molecule has 1 amide bonds. The van der Waals surface area contributed by atoms with Crippen LogP contribution in [0.5, 0.6) is 0 Å². The van der Waals surface area contributed by atoms with Gasteiger partial charge in [0.05, 0.1) is 19.3 Å². The summed E-state index contributed by atoms with van der Waals surface area (Å²) in [5, 5.41) is 0. The molecule has 0 aromatic heterocycles. The lowest BCUT2D eigenvalue weighted by Crippen LogP contribution is -2.47.